The largest absolute Gasteiger partial charge is 0.361 e. The van der Waals surface area contributed by atoms with Crippen molar-refractivity contribution in [3.05, 3.63) is 125 Å². The Kier molecular flexibility index (Phi) is 12.7. The Labute approximate surface area is 408 Å². The number of aryl methyl sites for hydroxylation is 3. The summed E-state index contributed by atoms with van der Waals surface area (Å²) in [6.45, 7) is 5.40. The molecular formula is C47H51ClN15O8+. The lowest BCUT2D eigenvalue weighted by Crippen LogP contribution is -2.42. The first-order valence-electron chi connectivity index (χ1n) is 23.3. The minimum atomic E-state index is -0.554. The van der Waals surface area contributed by atoms with Gasteiger partial charge in [0.25, 0.3) is 11.1 Å². The molecule has 2 aliphatic heterocycles. The highest BCUT2D eigenvalue weighted by atomic mass is 35.5. The summed E-state index contributed by atoms with van der Waals surface area (Å²) in [5, 5.41) is 17.6. The van der Waals surface area contributed by atoms with Crippen molar-refractivity contribution in [1.82, 2.24) is 48.2 Å². The molecule has 1 saturated heterocycles. The average Bonchev–Trinajstić information content (AvgIpc) is 3.81. The standard InChI is InChI=1S/C23H24N8O4.C12H14ClN3O.C12H12N4O3/c1-13-6-16(27-35-13)10-31-22(33)20-21(28(2)23(31)34)24-12-30(20)11-19(32)26-17-4-3-5-18(25-17)29-8-14-7-15(14)9-29;13-7-12(17)14-11-2-1-3-16(15-11)10-5-8-4-9(8)6-10;1-7-5-8(14-19-7)6-16-11(17)9-3-4-13-10(9)15(2)12(16)18/h3-6,12,14-15H,7-11H2,1-2H3,(H,25,26,32);1-3,8-10H,4-7H2;4-5H,3,6H2,1-2H3/p+1. The van der Waals surface area contributed by atoms with Crippen LogP contribution in [0.3, 0.4) is 0 Å². The average molecular weight is 989 g/mol. The molecule has 2 N–H and O–H groups in total. The van der Waals surface area contributed by atoms with Crippen LogP contribution in [0.2, 0.25) is 0 Å². The highest BCUT2D eigenvalue weighted by Crippen LogP contribution is 2.54. The number of anilines is 3. The SMILES string of the molecule is Cc1cc(Cn2c(=O)c3c(n(C)c2=O)N=CC3)no1.Cc1cc(Cn2c(=O)c3c(ncn3CC(=O)Nc3cccc(N4CC5CC5C4)n3)n(C)c2=O)no1.O=C(CCl)Nc1ccc[n+](C2CC3CC3C2)n1. The molecule has 5 aliphatic rings. The highest BCUT2D eigenvalue weighted by Gasteiger charge is 2.50. The lowest BCUT2D eigenvalue weighted by molar-refractivity contribution is -0.776. The lowest BCUT2D eigenvalue weighted by Gasteiger charge is -2.19. The van der Waals surface area contributed by atoms with Gasteiger partial charge in [-0.1, -0.05) is 21.1 Å². The van der Waals surface area contributed by atoms with Crippen LogP contribution in [0.4, 0.5) is 23.3 Å². The van der Waals surface area contributed by atoms with Gasteiger partial charge in [-0.2, -0.15) is 0 Å². The molecule has 3 aliphatic carbocycles. The number of imidazole rings is 1. The molecular weight excluding hydrogens is 938 g/mol. The third-order valence-electron chi connectivity index (χ3n) is 13.5. The van der Waals surface area contributed by atoms with Crippen LogP contribution in [0.5, 0.6) is 0 Å². The van der Waals surface area contributed by atoms with Crippen molar-refractivity contribution in [2.45, 2.75) is 71.6 Å². The maximum absolute atomic E-state index is 13.2. The summed E-state index contributed by atoms with van der Waals surface area (Å²) in [6, 6.07) is 13.1. The molecule has 12 rings (SSSR count). The Morgan fingerprint density at radius 3 is 2.08 bits per heavy atom. The minimum absolute atomic E-state index is 0.0375. The molecule has 0 bridgehead atoms. The van der Waals surface area contributed by atoms with E-state index in [1.165, 1.54) is 52.8 Å². The number of amides is 2. The number of hydrogen-bond donors (Lipinski definition) is 2. The summed E-state index contributed by atoms with van der Waals surface area (Å²) in [5.41, 5.74) is 0.109. The number of fused-ring (bicyclic) bond motifs is 4. The smallest absolute Gasteiger partial charge is 0.332 e. The predicted molar refractivity (Wildman–Crippen MR) is 258 cm³/mol. The zero-order chi connectivity index (χ0) is 49.7. The molecule has 2 amide bonds. The van der Waals surface area contributed by atoms with E-state index in [4.69, 9.17) is 20.6 Å². The van der Waals surface area contributed by atoms with Crippen molar-refractivity contribution in [3.8, 4) is 0 Å². The van der Waals surface area contributed by atoms with Crippen LogP contribution < -0.4 is 42.7 Å². The number of aliphatic imine (C=N–C) groups is 1. The van der Waals surface area contributed by atoms with Crippen LogP contribution in [0.1, 0.15) is 60.2 Å². The number of nitrogens with one attached hydrogen (secondary N) is 2. The number of hydrogen-bond acceptors (Lipinski definition) is 15. The first-order valence-corrected chi connectivity index (χ1v) is 23.8. The van der Waals surface area contributed by atoms with Gasteiger partial charge in [0.15, 0.2) is 23.4 Å². The third-order valence-corrected chi connectivity index (χ3v) is 13.8. The molecule has 23 nitrogen and oxygen atoms in total. The fourth-order valence-electron chi connectivity index (χ4n) is 9.77. The van der Waals surface area contributed by atoms with Crippen LogP contribution in [0.25, 0.3) is 11.2 Å². The second kappa shape index (κ2) is 19.2. The maximum Gasteiger partial charge on any atom is 0.332 e. The summed E-state index contributed by atoms with van der Waals surface area (Å²) in [7, 11) is 3.14. The number of carbonyl (C=O) groups excluding carboxylic acids is 2. The molecule has 24 heteroatoms. The quantitative estimate of drug-likeness (QED) is 0.139. The van der Waals surface area contributed by atoms with E-state index in [1.807, 2.05) is 29.1 Å². The van der Waals surface area contributed by atoms with Gasteiger partial charge in [0, 0.05) is 76.0 Å². The van der Waals surface area contributed by atoms with Crippen LogP contribution in [-0.2, 0) is 49.7 Å². The Hall–Kier alpha value is -7.82. The van der Waals surface area contributed by atoms with Crippen molar-refractivity contribution >= 4 is 64.1 Å². The van der Waals surface area contributed by atoms with Crippen molar-refractivity contribution in [2.75, 3.05) is 34.5 Å². The van der Waals surface area contributed by atoms with Gasteiger partial charge in [-0.25, -0.2) is 24.5 Å². The van der Waals surface area contributed by atoms with E-state index in [2.05, 4.69) is 45.9 Å². The van der Waals surface area contributed by atoms with Crippen molar-refractivity contribution < 1.29 is 23.3 Å². The van der Waals surface area contributed by atoms with Gasteiger partial charge in [-0.15, -0.1) is 11.6 Å². The van der Waals surface area contributed by atoms with Crippen molar-refractivity contribution in [2.24, 2.45) is 42.8 Å². The summed E-state index contributed by atoms with van der Waals surface area (Å²) in [4.78, 5) is 89.6. The van der Waals surface area contributed by atoms with Crippen molar-refractivity contribution in [1.29, 1.82) is 0 Å². The minimum Gasteiger partial charge on any atom is -0.361 e. The van der Waals surface area contributed by atoms with Crippen LogP contribution in [-0.4, -0.2) is 85.2 Å². The second-order valence-electron chi connectivity index (χ2n) is 18.7. The van der Waals surface area contributed by atoms with Gasteiger partial charge in [-0.05, 0) is 68.6 Å². The number of piperidine rings is 1. The van der Waals surface area contributed by atoms with Crippen LogP contribution in [0, 0.1) is 37.5 Å². The summed E-state index contributed by atoms with van der Waals surface area (Å²) >= 11 is 5.45. The molecule has 3 saturated carbocycles. The lowest BCUT2D eigenvalue weighted by atomic mass is 10.2. The number of alkyl halides is 1. The maximum atomic E-state index is 13.2. The van der Waals surface area contributed by atoms with Gasteiger partial charge in [0.05, 0.1) is 25.0 Å². The zero-order valence-corrected chi connectivity index (χ0v) is 40.2. The number of rotatable bonds is 11. The van der Waals surface area contributed by atoms with Crippen molar-refractivity contribution in [3.63, 3.8) is 0 Å². The van der Waals surface area contributed by atoms with E-state index in [0.29, 0.717) is 58.4 Å². The molecule has 4 fully saturated rings. The third kappa shape index (κ3) is 9.85. The van der Waals surface area contributed by atoms with Gasteiger partial charge < -0.3 is 29.1 Å². The van der Waals surface area contributed by atoms with Gasteiger partial charge in [0.1, 0.15) is 52.8 Å². The first kappa shape index (κ1) is 46.9. The Balaban J connectivity index is 0.000000136. The second-order valence-corrected chi connectivity index (χ2v) is 19.0. The first-order chi connectivity index (χ1) is 34.2. The number of pyridine rings is 1. The van der Waals surface area contributed by atoms with E-state index in [0.717, 1.165) is 51.7 Å². The van der Waals surface area contributed by atoms with Gasteiger partial charge >= 0.3 is 11.4 Å². The molecule has 0 spiro atoms. The number of halogens is 1. The summed E-state index contributed by atoms with van der Waals surface area (Å²) < 4.78 is 18.3. The number of carbonyl (C=O) groups is 2. The molecule has 4 atom stereocenters. The molecule has 9 heterocycles. The van der Waals surface area contributed by atoms with Gasteiger partial charge in [-0.3, -0.25) is 37.4 Å². The fourth-order valence-corrected chi connectivity index (χ4v) is 9.83. The Morgan fingerprint density at radius 1 is 0.789 bits per heavy atom. The monoisotopic (exact) mass is 988 g/mol. The van der Waals surface area contributed by atoms with Crippen LogP contribution in [0.15, 0.2) is 88.2 Å². The number of nitrogens with zero attached hydrogens (tertiary/aromatic N) is 13. The number of aromatic nitrogens is 11. The van der Waals surface area contributed by atoms with E-state index < -0.39 is 16.9 Å². The molecule has 4 unspecified atom stereocenters. The Morgan fingerprint density at radius 2 is 1.42 bits per heavy atom. The summed E-state index contributed by atoms with van der Waals surface area (Å²) in [6.07, 6.45) is 10.6. The van der Waals surface area contributed by atoms with Gasteiger partial charge in [0.2, 0.25) is 17.6 Å². The molecule has 0 radical (unpaired) electrons. The molecule has 368 valence electrons. The molecule has 7 aromatic heterocycles. The topological polar surface area (TPSA) is 261 Å². The Bertz CT molecular complexity index is 3470. The van der Waals surface area contributed by atoms with E-state index in [9.17, 15) is 28.8 Å². The molecule has 71 heavy (non-hydrogen) atoms. The normalized spacial score (nSPS) is 19.8. The predicted octanol–water partition coefficient (Wildman–Crippen LogP) is 2.40. The molecule has 0 aromatic carbocycles. The molecule has 7 aromatic rings. The van der Waals surface area contributed by atoms with E-state index in [1.54, 1.807) is 51.4 Å². The van der Waals surface area contributed by atoms with E-state index in [-0.39, 0.29) is 54.1 Å². The summed E-state index contributed by atoms with van der Waals surface area (Å²) in [5.74, 6) is 6.34. The van der Waals surface area contributed by atoms with Crippen LogP contribution >= 0.6 is 11.6 Å². The van der Waals surface area contributed by atoms with E-state index >= 15 is 0 Å². The highest BCUT2D eigenvalue weighted by molar-refractivity contribution is 6.29. The fraction of sp³-hybridized carbons (Fsp3) is 0.426. The zero-order valence-electron chi connectivity index (χ0n) is 39.4.